The van der Waals surface area contributed by atoms with E-state index in [1.165, 1.54) is 62.5 Å². The molecule has 2 fully saturated rings. The molecule has 0 amide bonds. The van der Waals surface area contributed by atoms with E-state index in [9.17, 15) is 10.2 Å². The van der Waals surface area contributed by atoms with E-state index in [2.05, 4.69) is 39.8 Å². The van der Waals surface area contributed by atoms with Crippen molar-refractivity contribution in [2.45, 2.75) is 97.3 Å². The van der Waals surface area contributed by atoms with Crippen molar-refractivity contribution >= 4 is 0 Å². The number of phenolic OH excluding ortho intramolecular Hbond substituents is 2. The molecule has 0 unspecified atom stereocenters. The number of phenols is 2. The van der Waals surface area contributed by atoms with E-state index in [0.717, 1.165) is 33.4 Å². The first-order valence-electron chi connectivity index (χ1n) is 11.5. The smallest absolute Gasteiger partial charge is 0.122 e. The van der Waals surface area contributed by atoms with Crippen molar-refractivity contribution in [3.05, 3.63) is 56.6 Å². The van der Waals surface area contributed by atoms with Crippen LogP contribution in [0.4, 0.5) is 0 Å². The highest BCUT2D eigenvalue weighted by atomic mass is 16.3. The number of benzene rings is 2. The highest BCUT2D eigenvalue weighted by molar-refractivity contribution is 5.57. The molecule has 2 aromatic rings. The zero-order valence-electron chi connectivity index (χ0n) is 18.6. The van der Waals surface area contributed by atoms with Gasteiger partial charge in [0.15, 0.2) is 0 Å². The van der Waals surface area contributed by atoms with Crippen molar-refractivity contribution in [2.75, 3.05) is 0 Å². The number of hydrogen-bond donors (Lipinski definition) is 2. The lowest BCUT2D eigenvalue weighted by Crippen LogP contribution is -2.05. The van der Waals surface area contributed by atoms with Crippen LogP contribution >= 0.6 is 0 Å². The van der Waals surface area contributed by atoms with Crippen molar-refractivity contribution in [2.24, 2.45) is 0 Å². The summed E-state index contributed by atoms with van der Waals surface area (Å²) in [5.74, 6) is 1.91. The van der Waals surface area contributed by atoms with E-state index in [1.807, 2.05) is 0 Å². The van der Waals surface area contributed by atoms with Crippen molar-refractivity contribution in [1.29, 1.82) is 0 Å². The van der Waals surface area contributed by atoms with Crippen LogP contribution in [0.25, 0.3) is 0 Å². The molecule has 2 aliphatic rings. The van der Waals surface area contributed by atoms with Gasteiger partial charge in [0.1, 0.15) is 11.5 Å². The molecule has 0 radical (unpaired) electrons. The third-order valence-corrected chi connectivity index (χ3v) is 7.89. The molecule has 29 heavy (non-hydrogen) atoms. The van der Waals surface area contributed by atoms with Crippen LogP contribution in [-0.2, 0) is 6.42 Å². The van der Waals surface area contributed by atoms with Gasteiger partial charge >= 0.3 is 0 Å². The van der Waals surface area contributed by atoms with Crippen LogP contribution in [0.3, 0.4) is 0 Å². The van der Waals surface area contributed by atoms with Crippen LogP contribution in [0.1, 0.15) is 108 Å². The summed E-state index contributed by atoms with van der Waals surface area (Å²) in [4.78, 5) is 0. The molecule has 2 nitrogen and oxygen atoms in total. The zero-order chi connectivity index (χ0) is 20.7. The van der Waals surface area contributed by atoms with Gasteiger partial charge < -0.3 is 10.2 Å². The van der Waals surface area contributed by atoms with Crippen molar-refractivity contribution < 1.29 is 10.2 Å². The van der Waals surface area contributed by atoms with Crippen LogP contribution in [0.15, 0.2) is 12.1 Å². The highest BCUT2D eigenvalue weighted by Gasteiger charge is 2.26. The average molecular weight is 393 g/mol. The van der Waals surface area contributed by atoms with Crippen molar-refractivity contribution in [3.8, 4) is 11.5 Å². The van der Waals surface area contributed by atoms with Crippen molar-refractivity contribution in [3.63, 3.8) is 0 Å². The first-order valence-corrected chi connectivity index (χ1v) is 11.5. The molecule has 0 bridgehead atoms. The Morgan fingerprint density at radius 1 is 0.655 bits per heavy atom. The topological polar surface area (TPSA) is 40.5 Å². The Morgan fingerprint density at radius 3 is 1.34 bits per heavy atom. The first-order chi connectivity index (χ1) is 13.9. The minimum atomic E-state index is 0.475. The molecule has 0 saturated heterocycles. The summed E-state index contributed by atoms with van der Waals surface area (Å²) in [6.45, 7) is 8.54. The average Bonchev–Trinajstić information content (AvgIpc) is 3.41. The Morgan fingerprint density at radius 2 is 1.00 bits per heavy atom. The number of rotatable bonds is 4. The maximum atomic E-state index is 11.3. The summed E-state index contributed by atoms with van der Waals surface area (Å²) < 4.78 is 0. The lowest BCUT2D eigenvalue weighted by atomic mass is 9.84. The predicted molar refractivity (Wildman–Crippen MR) is 120 cm³/mol. The fraction of sp³-hybridized carbons (Fsp3) is 0.556. The van der Waals surface area contributed by atoms with E-state index >= 15 is 0 Å². The molecule has 0 heterocycles. The predicted octanol–water partition coefficient (Wildman–Crippen LogP) is 7.24. The minimum absolute atomic E-state index is 0.475. The van der Waals surface area contributed by atoms with Crippen LogP contribution in [0, 0.1) is 27.7 Å². The molecule has 2 aliphatic carbocycles. The second kappa shape index (κ2) is 8.05. The fourth-order valence-electron chi connectivity index (χ4n) is 5.70. The fourth-order valence-corrected chi connectivity index (χ4v) is 5.70. The monoisotopic (exact) mass is 392 g/mol. The maximum Gasteiger partial charge on any atom is 0.122 e. The molecule has 2 aromatic carbocycles. The molecular weight excluding hydrogens is 356 g/mol. The van der Waals surface area contributed by atoms with E-state index in [4.69, 9.17) is 0 Å². The molecule has 156 valence electrons. The van der Waals surface area contributed by atoms with Gasteiger partial charge in [0, 0.05) is 17.5 Å². The third-order valence-electron chi connectivity index (χ3n) is 7.89. The standard InChI is InChI=1S/C27H36O2/c1-16-13-24(20-9-5-6-10-20)26(28)22(18(16)3)15-23-19(4)17(2)14-25(27(23)29)21-11-7-8-12-21/h13-14,20-21,28-29H,5-12,15H2,1-4H3. The zero-order valence-corrected chi connectivity index (χ0v) is 18.6. The van der Waals surface area contributed by atoms with Gasteiger partial charge in [-0.3, -0.25) is 0 Å². The van der Waals surface area contributed by atoms with E-state index in [1.54, 1.807) is 0 Å². The summed E-state index contributed by atoms with van der Waals surface area (Å²) in [5.41, 5.74) is 9.09. The SMILES string of the molecule is Cc1cc(C2CCCC2)c(O)c(Cc2c(C)c(C)cc(C3CCCC3)c2O)c1C. The molecule has 4 rings (SSSR count). The van der Waals surface area contributed by atoms with Crippen molar-refractivity contribution in [1.82, 2.24) is 0 Å². The quantitative estimate of drug-likeness (QED) is 0.576. The van der Waals surface area contributed by atoms with Gasteiger partial charge in [-0.05, 0) is 98.6 Å². The highest BCUT2D eigenvalue weighted by Crippen LogP contribution is 2.45. The molecule has 2 heteroatoms. The summed E-state index contributed by atoms with van der Waals surface area (Å²) in [5, 5.41) is 22.5. The van der Waals surface area contributed by atoms with Crippen LogP contribution in [-0.4, -0.2) is 10.2 Å². The summed E-state index contributed by atoms with van der Waals surface area (Å²) in [6.07, 6.45) is 10.4. The number of aryl methyl sites for hydroxylation is 2. The van der Waals surface area contributed by atoms with Gasteiger partial charge in [-0.15, -0.1) is 0 Å². The minimum Gasteiger partial charge on any atom is -0.507 e. The summed E-state index contributed by atoms with van der Waals surface area (Å²) in [7, 11) is 0. The van der Waals surface area contributed by atoms with Crippen LogP contribution in [0.5, 0.6) is 11.5 Å². The molecule has 0 spiro atoms. The number of hydrogen-bond acceptors (Lipinski definition) is 2. The lowest BCUT2D eigenvalue weighted by Gasteiger charge is -2.22. The second-order valence-corrected chi connectivity index (χ2v) is 9.61. The molecule has 0 aromatic heterocycles. The third kappa shape index (κ3) is 3.67. The second-order valence-electron chi connectivity index (χ2n) is 9.61. The molecule has 0 aliphatic heterocycles. The molecule has 2 N–H and O–H groups in total. The lowest BCUT2D eigenvalue weighted by molar-refractivity contribution is 0.447. The normalized spacial score (nSPS) is 18.1. The molecule has 0 atom stereocenters. The Hall–Kier alpha value is -1.96. The van der Waals surface area contributed by atoms with Crippen LogP contribution in [0.2, 0.25) is 0 Å². The molecule has 2 saturated carbocycles. The van der Waals surface area contributed by atoms with E-state index in [-0.39, 0.29) is 0 Å². The number of aromatic hydroxyl groups is 2. The van der Waals surface area contributed by atoms with Gasteiger partial charge in [-0.1, -0.05) is 37.8 Å². The summed E-state index contributed by atoms with van der Waals surface area (Å²) in [6, 6.07) is 4.41. The Balaban J connectivity index is 1.79. The van der Waals surface area contributed by atoms with E-state index in [0.29, 0.717) is 29.8 Å². The Labute approximate surface area is 176 Å². The van der Waals surface area contributed by atoms with Crippen LogP contribution < -0.4 is 0 Å². The van der Waals surface area contributed by atoms with Gasteiger partial charge in [0.05, 0.1) is 0 Å². The largest absolute Gasteiger partial charge is 0.507 e. The molecular formula is C27H36O2. The van der Waals surface area contributed by atoms with E-state index < -0.39 is 0 Å². The summed E-state index contributed by atoms with van der Waals surface area (Å²) >= 11 is 0. The first kappa shape index (κ1) is 20.3. The maximum absolute atomic E-state index is 11.3. The van der Waals surface area contributed by atoms with Gasteiger partial charge in [0.2, 0.25) is 0 Å². The Bertz CT molecular complexity index is 838. The Kier molecular flexibility index (Phi) is 5.64. The van der Waals surface area contributed by atoms with Gasteiger partial charge in [0.25, 0.3) is 0 Å². The van der Waals surface area contributed by atoms with Gasteiger partial charge in [-0.25, -0.2) is 0 Å². The van der Waals surface area contributed by atoms with Gasteiger partial charge in [-0.2, -0.15) is 0 Å².